The fourth-order valence-corrected chi connectivity index (χ4v) is 3.80. The molecule has 0 aromatic heterocycles. The molecule has 5 heteroatoms. The minimum absolute atomic E-state index is 0.00926. The number of rotatable bonds is 6. The zero-order valence-electron chi connectivity index (χ0n) is 15.9. The van der Waals surface area contributed by atoms with Gasteiger partial charge in [-0.1, -0.05) is 18.2 Å². The van der Waals surface area contributed by atoms with Crippen molar-refractivity contribution < 1.29 is 14.3 Å². The SMILES string of the molecule is COC(=O)c1ccc(CNC(=O)CSc2c(C)c(C)cc(C)c2C)cc1. The first-order valence-electron chi connectivity index (χ1n) is 8.47. The van der Waals surface area contributed by atoms with Gasteiger partial charge < -0.3 is 10.1 Å². The van der Waals surface area contributed by atoms with Crippen LogP contribution in [0.3, 0.4) is 0 Å². The van der Waals surface area contributed by atoms with E-state index < -0.39 is 0 Å². The van der Waals surface area contributed by atoms with Crippen molar-refractivity contribution in [2.45, 2.75) is 39.1 Å². The Morgan fingerprint density at radius 2 is 1.58 bits per heavy atom. The van der Waals surface area contributed by atoms with E-state index >= 15 is 0 Å². The molecule has 0 atom stereocenters. The molecule has 2 rings (SSSR count). The summed E-state index contributed by atoms with van der Waals surface area (Å²) in [6.07, 6.45) is 0. The molecule has 0 bridgehead atoms. The third-order valence-corrected chi connectivity index (χ3v) is 5.82. The van der Waals surface area contributed by atoms with Gasteiger partial charge in [0.1, 0.15) is 0 Å². The van der Waals surface area contributed by atoms with Crippen LogP contribution in [0.25, 0.3) is 0 Å². The molecule has 138 valence electrons. The molecule has 0 aliphatic rings. The summed E-state index contributed by atoms with van der Waals surface area (Å²) in [5.41, 5.74) is 6.42. The summed E-state index contributed by atoms with van der Waals surface area (Å²) in [5, 5.41) is 2.92. The molecule has 2 aromatic carbocycles. The lowest BCUT2D eigenvalue weighted by Crippen LogP contribution is -2.24. The first-order valence-corrected chi connectivity index (χ1v) is 9.46. The third kappa shape index (κ3) is 4.88. The molecule has 0 aliphatic heterocycles. The zero-order chi connectivity index (χ0) is 19.3. The number of hydrogen-bond acceptors (Lipinski definition) is 4. The Hall–Kier alpha value is -2.27. The summed E-state index contributed by atoms with van der Waals surface area (Å²) in [6.45, 7) is 8.84. The smallest absolute Gasteiger partial charge is 0.337 e. The van der Waals surface area contributed by atoms with Crippen molar-refractivity contribution in [3.8, 4) is 0 Å². The molecule has 0 unspecified atom stereocenters. The van der Waals surface area contributed by atoms with Crippen LogP contribution in [-0.2, 0) is 16.1 Å². The topological polar surface area (TPSA) is 55.4 Å². The van der Waals surface area contributed by atoms with Crippen LogP contribution < -0.4 is 5.32 Å². The van der Waals surface area contributed by atoms with E-state index in [9.17, 15) is 9.59 Å². The van der Waals surface area contributed by atoms with Crippen LogP contribution in [0.5, 0.6) is 0 Å². The Morgan fingerprint density at radius 1 is 1.00 bits per heavy atom. The van der Waals surface area contributed by atoms with E-state index in [4.69, 9.17) is 0 Å². The highest BCUT2D eigenvalue weighted by molar-refractivity contribution is 8.00. The van der Waals surface area contributed by atoms with Gasteiger partial charge in [-0.15, -0.1) is 11.8 Å². The average molecular weight is 372 g/mol. The zero-order valence-corrected chi connectivity index (χ0v) is 16.8. The average Bonchev–Trinajstić information content (AvgIpc) is 2.64. The van der Waals surface area contributed by atoms with E-state index in [0.717, 1.165) is 5.56 Å². The lowest BCUT2D eigenvalue weighted by molar-refractivity contribution is -0.118. The quantitative estimate of drug-likeness (QED) is 0.613. The van der Waals surface area contributed by atoms with Crippen molar-refractivity contribution in [3.63, 3.8) is 0 Å². The molecule has 1 N–H and O–H groups in total. The van der Waals surface area contributed by atoms with Crippen molar-refractivity contribution in [2.75, 3.05) is 12.9 Å². The number of nitrogens with one attached hydrogen (secondary N) is 1. The molecule has 0 saturated carbocycles. The Labute approximate surface area is 159 Å². The van der Waals surface area contributed by atoms with E-state index in [1.165, 1.54) is 34.3 Å². The molecular formula is C21H25NO3S. The van der Waals surface area contributed by atoms with Gasteiger partial charge in [-0.2, -0.15) is 0 Å². The van der Waals surface area contributed by atoms with Crippen LogP contribution in [0.15, 0.2) is 35.2 Å². The van der Waals surface area contributed by atoms with Crippen LogP contribution in [0.4, 0.5) is 0 Å². The van der Waals surface area contributed by atoms with Crippen LogP contribution in [-0.4, -0.2) is 24.7 Å². The Balaban J connectivity index is 1.91. The molecule has 0 aliphatic carbocycles. The summed E-state index contributed by atoms with van der Waals surface area (Å²) in [7, 11) is 1.35. The van der Waals surface area contributed by atoms with E-state index in [1.807, 2.05) is 12.1 Å². The van der Waals surface area contributed by atoms with Crippen molar-refractivity contribution >= 4 is 23.6 Å². The summed E-state index contributed by atoms with van der Waals surface area (Å²) >= 11 is 1.58. The van der Waals surface area contributed by atoms with Crippen molar-refractivity contribution in [2.24, 2.45) is 0 Å². The largest absolute Gasteiger partial charge is 0.465 e. The normalized spacial score (nSPS) is 10.5. The lowest BCUT2D eigenvalue weighted by atomic mass is 10.0. The molecule has 0 fully saturated rings. The monoisotopic (exact) mass is 371 g/mol. The number of thioether (sulfide) groups is 1. The van der Waals surface area contributed by atoms with Crippen LogP contribution >= 0.6 is 11.8 Å². The van der Waals surface area contributed by atoms with Crippen LogP contribution in [0.2, 0.25) is 0 Å². The standard InChI is InChI=1S/C21H25NO3S/c1-13-10-14(2)16(4)20(15(13)3)26-12-19(23)22-11-17-6-8-18(9-7-17)21(24)25-5/h6-10H,11-12H2,1-5H3,(H,22,23). The fraction of sp³-hybridized carbons (Fsp3) is 0.333. The number of carbonyl (C=O) groups is 2. The number of hydrogen-bond donors (Lipinski definition) is 1. The molecule has 2 aromatic rings. The number of carbonyl (C=O) groups excluding carboxylic acids is 2. The van der Waals surface area contributed by atoms with Gasteiger partial charge in [-0.25, -0.2) is 4.79 Å². The molecular weight excluding hydrogens is 346 g/mol. The van der Waals surface area contributed by atoms with E-state index in [-0.39, 0.29) is 11.9 Å². The lowest BCUT2D eigenvalue weighted by Gasteiger charge is -2.14. The fourth-order valence-electron chi connectivity index (χ4n) is 2.66. The predicted molar refractivity (Wildman–Crippen MR) is 106 cm³/mol. The first kappa shape index (κ1) is 20.0. The summed E-state index contributed by atoms with van der Waals surface area (Å²) in [4.78, 5) is 24.8. The Bertz CT molecular complexity index is 787. The first-order chi connectivity index (χ1) is 12.3. The molecule has 26 heavy (non-hydrogen) atoms. The molecule has 0 spiro atoms. The van der Waals surface area contributed by atoms with Gasteiger partial charge in [0.2, 0.25) is 5.91 Å². The van der Waals surface area contributed by atoms with Gasteiger partial charge in [0.05, 0.1) is 18.4 Å². The molecule has 0 saturated heterocycles. The summed E-state index contributed by atoms with van der Waals surface area (Å²) in [5.74, 6) is 0.00587. The van der Waals surface area contributed by atoms with E-state index in [2.05, 4.69) is 43.8 Å². The minimum Gasteiger partial charge on any atom is -0.465 e. The maximum absolute atomic E-state index is 12.2. The van der Waals surface area contributed by atoms with Gasteiger partial charge in [-0.05, 0) is 67.6 Å². The van der Waals surface area contributed by atoms with Gasteiger partial charge in [0.25, 0.3) is 0 Å². The second-order valence-corrected chi connectivity index (χ2v) is 7.33. The van der Waals surface area contributed by atoms with Crippen molar-refractivity contribution in [3.05, 3.63) is 63.7 Å². The molecule has 0 radical (unpaired) electrons. The highest BCUT2D eigenvalue weighted by atomic mass is 32.2. The maximum Gasteiger partial charge on any atom is 0.337 e. The minimum atomic E-state index is -0.365. The summed E-state index contributed by atoms with van der Waals surface area (Å²) < 4.78 is 4.67. The second kappa shape index (κ2) is 8.90. The maximum atomic E-state index is 12.2. The van der Waals surface area contributed by atoms with Gasteiger partial charge in [-0.3, -0.25) is 4.79 Å². The molecule has 1 amide bonds. The van der Waals surface area contributed by atoms with E-state index in [1.54, 1.807) is 23.9 Å². The number of methoxy groups -OCH3 is 1. The van der Waals surface area contributed by atoms with Gasteiger partial charge >= 0.3 is 5.97 Å². The molecule has 4 nitrogen and oxygen atoms in total. The van der Waals surface area contributed by atoms with Crippen molar-refractivity contribution in [1.29, 1.82) is 0 Å². The van der Waals surface area contributed by atoms with Crippen molar-refractivity contribution in [1.82, 2.24) is 5.32 Å². The van der Waals surface area contributed by atoms with Gasteiger partial charge in [0.15, 0.2) is 0 Å². The van der Waals surface area contributed by atoms with Crippen LogP contribution in [0, 0.1) is 27.7 Å². The highest BCUT2D eigenvalue weighted by Crippen LogP contribution is 2.30. The Morgan fingerprint density at radius 3 is 2.12 bits per heavy atom. The second-order valence-electron chi connectivity index (χ2n) is 6.34. The van der Waals surface area contributed by atoms with Gasteiger partial charge in [0, 0.05) is 11.4 Å². The molecule has 0 heterocycles. The predicted octanol–water partition coefficient (Wildman–Crippen LogP) is 4.12. The van der Waals surface area contributed by atoms with Crippen LogP contribution in [0.1, 0.15) is 38.2 Å². The number of ether oxygens (including phenoxy) is 1. The third-order valence-electron chi connectivity index (χ3n) is 4.51. The summed E-state index contributed by atoms with van der Waals surface area (Å²) in [6, 6.07) is 9.22. The Kier molecular flexibility index (Phi) is 6.86. The highest BCUT2D eigenvalue weighted by Gasteiger charge is 2.11. The number of benzene rings is 2. The number of aryl methyl sites for hydroxylation is 2. The number of esters is 1. The van der Waals surface area contributed by atoms with E-state index in [0.29, 0.717) is 17.9 Å². The number of amides is 1.